The van der Waals surface area contributed by atoms with Gasteiger partial charge in [0, 0.05) is 17.8 Å². The Morgan fingerprint density at radius 3 is 2.62 bits per heavy atom. The first-order valence-corrected chi connectivity index (χ1v) is 7.94. The van der Waals surface area contributed by atoms with Gasteiger partial charge in [0.2, 0.25) is 0 Å². The van der Waals surface area contributed by atoms with Crippen LogP contribution in [0.15, 0.2) is 54.9 Å². The Morgan fingerprint density at radius 2 is 1.88 bits per heavy atom. The minimum absolute atomic E-state index is 0.0183. The number of hydrogen-bond donors (Lipinski definition) is 3. The molecular formula is C16H14N6O3S. The Morgan fingerprint density at radius 1 is 1.15 bits per heavy atom. The summed E-state index contributed by atoms with van der Waals surface area (Å²) in [4.78, 5) is 26.4. The molecule has 0 atom stereocenters. The number of nitrogens with one attached hydrogen (secondary N) is 3. The third-order valence-corrected chi connectivity index (χ3v) is 3.70. The number of carbonyl (C=O) groups is 1. The number of fused-ring (bicyclic) bond motifs is 1. The van der Waals surface area contributed by atoms with Crippen molar-refractivity contribution in [3.63, 3.8) is 0 Å². The second-order valence-corrected chi connectivity index (χ2v) is 5.70. The molecule has 0 bridgehead atoms. The van der Waals surface area contributed by atoms with Crippen LogP contribution in [0.5, 0.6) is 0 Å². The van der Waals surface area contributed by atoms with E-state index in [-0.39, 0.29) is 23.3 Å². The fraction of sp³-hybridized carbons (Fsp3) is 0.0625. The Bertz CT molecular complexity index is 970. The predicted molar refractivity (Wildman–Crippen MR) is 100 cm³/mol. The molecule has 1 aromatic heterocycles. The highest BCUT2D eigenvalue weighted by Gasteiger charge is 2.08. The summed E-state index contributed by atoms with van der Waals surface area (Å²) in [5.41, 5.74) is 7.27. The van der Waals surface area contributed by atoms with Crippen LogP contribution in [0.3, 0.4) is 0 Å². The van der Waals surface area contributed by atoms with E-state index in [9.17, 15) is 14.9 Å². The minimum Gasteiger partial charge on any atom is -0.331 e. The van der Waals surface area contributed by atoms with Crippen molar-refractivity contribution in [2.24, 2.45) is 0 Å². The van der Waals surface area contributed by atoms with Crippen molar-refractivity contribution in [1.29, 1.82) is 0 Å². The number of benzene rings is 2. The maximum atomic E-state index is 12.0. The molecule has 0 fully saturated rings. The van der Waals surface area contributed by atoms with Crippen molar-refractivity contribution in [3.05, 3.63) is 65.0 Å². The average molecular weight is 370 g/mol. The average Bonchev–Trinajstić information content (AvgIpc) is 3.03. The molecule has 0 saturated heterocycles. The second-order valence-electron chi connectivity index (χ2n) is 5.29. The normalized spacial score (nSPS) is 10.3. The van der Waals surface area contributed by atoms with Gasteiger partial charge in [-0.25, -0.2) is 4.98 Å². The molecule has 10 heteroatoms. The number of nitro groups is 1. The van der Waals surface area contributed by atoms with Crippen LogP contribution < -0.4 is 16.2 Å². The summed E-state index contributed by atoms with van der Waals surface area (Å²) < 4.78 is 1.72. The SMILES string of the molecule is O=C(Cn1cnc2ccccc21)NNC(=S)Nc1ccc([N+](=O)[O-])cc1. The number of nitrogens with zero attached hydrogens (tertiary/aromatic N) is 3. The lowest BCUT2D eigenvalue weighted by Gasteiger charge is -2.12. The zero-order chi connectivity index (χ0) is 18.5. The highest BCUT2D eigenvalue weighted by Crippen LogP contribution is 2.15. The summed E-state index contributed by atoms with van der Waals surface area (Å²) >= 11 is 5.07. The Kier molecular flexibility index (Phi) is 5.04. The van der Waals surface area contributed by atoms with Gasteiger partial charge in [0.1, 0.15) is 6.54 Å². The molecule has 9 nitrogen and oxygen atoms in total. The van der Waals surface area contributed by atoms with Crippen LogP contribution in [0.1, 0.15) is 0 Å². The molecule has 3 rings (SSSR count). The third kappa shape index (κ3) is 4.11. The smallest absolute Gasteiger partial charge is 0.269 e. The number of amides is 1. The van der Waals surface area contributed by atoms with Crippen LogP contribution in [-0.2, 0) is 11.3 Å². The number of non-ortho nitro benzene ring substituents is 1. The van der Waals surface area contributed by atoms with E-state index in [0.29, 0.717) is 5.69 Å². The maximum Gasteiger partial charge on any atom is 0.269 e. The summed E-state index contributed by atoms with van der Waals surface area (Å²) in [6.07, 6.45) is 1.59. The fourth-order valence-electron chi connectivity index (χ4n) is 2.29. The van der Waals surface area contributed by atoms with Gasteiger partial charge in [-0.3, -0.25) is 25.8 Å². The largest absolute Gasteiger partial charge is 0.331 e. The first-order valence-electron chi connectivity index (χ1n) is 7.53. The van der Waals surface area contributed by atoms with Gasteiger partial charge < -0.3 is 9.88 Å². The van der Waals surface area contributed by atoms with Crippen molar-refractivity contribution >= 4 is 45.6 Å². The summed E-state index contributed by atoms with van der Waals surface area (Å²) in [5, 5.41) is 13.6. The number of imidazole rings is 1. The van der Waals surface area contributed by atoms with E-state index in [1.54, 1.807) is 10.9 Å². The van der Waals surface area contributed by atoms with E-state index >= 15 is 0 Å². The van der Waals surface area contributed by atoms with Crippen molar-refractivity contribution in [2.45, 2.75) is 6.54 Å². The van der Waals surface area contributed by atoms with Crippen LogP contribution >= 0.6 is 12.2 Å². The van der Waals surface area contributed by atoms with E-state index in [0.717, 1.165) is 11.0 Å². The Balaban J connectivity index is 1.51. The lowest BCUT2D eigenvalue weighted by atomic mass is 10.3. The standard InChI is InChI=1S/C16H14N6O3S/c23-15(9-21-10-17-13-3-1-2-4-14(13)21)19-20-16(26)18-11-5-7-12(8-6-11)22(24)25/h1-8,10H,9H2,(H,19,23)(H2,18,20,26). The molecule has 0 aliphatic carbocycles. The van der Waals surface area contributed by atoms with Gasteiger partial charge in [0.25, 0.3) is 11.6 Å². The quantitative estimate of drug-likeness (QED) is 0.365. The van der Waals surface area contributed by atoms with Gasteiger partial charge in [-0.2, -0.15) is 0 Å². The molecule has 26 heavy (non-hydrogen) atoms. The van der Waals surface area contributed by atoms with Crippen LogP contribution in [0.4, 0.5) is 11.4 Å². The summed E-state index contributed by atoms with van der Waals surface area (Å²) in [5.74, 6) is -0.305. The number of thiocarbonyl (C=S) groups is 1. The zero-order valence-electron chi connectivity index (χ0n) is 13.4. The van der Waals surface area contributed by atoms with E-state index in [1.807, 2.05) is 24.3 Å². The third-order valence-electron chi connectivity index (χ3n) is 3.49. The maximum absolute atomic E-state index is 12.0. The fourth-order valence-corrected chi connectivity index (χ4v) is 2.45. The van der Waals surface area contributed by atoms with Gasteiger partial charge in [0.15, 0.2) is 5.11 Å². The first-order chi connectivity index (χ1) is 12.5. The molecular weight excluding hydrogens is 356 g/mol. The highest BCUT2D eigenvalue weighted by atomic mass is 32.1. The molecule has 3 N–H and O–H groups in total. The van der Waals surface area contributed by atoms with Crippen LogP contribution in [0.2, 0.25) is 0 Å². The van der Waals surface area contributed by atoms with Crippen LogP contribution in [0.25, 0.3) is 11.0 Å². The second kappa shape index (κ2) is 7.57. The molecule has 0 aliphatic heterocycles. The van der Waals surface area contributed by atoms with Gasteiger partial charge in [-0.05, 0) is 36.5 Å². The molecule has 1 heterocycles. The number of hydrogen-bond acceptors (Lipinski definition) is 5. The molecule has 2 aromatic carbocycles. The molecule has 132 valence electrons. The number of carbonyl (C=O) groups excluding carboxylic acids is 1. The molecule has 1 amide bonds. The molecule has 0 saturated carbocycles. The summed E-state index contributed by atoms with van der Waals surface area (Å²) in [6.45, 7) is 0.0770. The van der Waals surface area contributed by atoms with Crippen molar-refractivity contribution < 1.29 is 9.72 Å². The molecule has 3 aromatic rings. The van der Waals surface area contributed by atoms with E-state index in [1.165, 1.54) is 24.3 Å². The topological polar surface area (TPSA) is 114 Å². The summed E-state index contributed by atoms with van der Waals surface area (Å²) in [6, 6.07) is 13.2. The number of aromatic nitrogens is 2. The number of rotatable bonds is 4. The van der Waals surface area contributed by atoms with E-state index < -0.39 is 4.92 Å². The van der Waals surface area contributed by atoms with Gasteiger partial charge in [-0.15, -0.1) is 0 Å². The first kappa shape index (κ1) is 17.3. The predicted octanol–water partition coefficient (Wildman–Crippen LogP) is 1.96. The molecule has 0 spiro atoms. The van der Waals surface area contributed by atoms with Crippen LogP contribution in [-0.4, -0.2) is 25.5 Å². The number of para-hydroxylation sites is 2. The molecule has 0 unspecified atom stereocenters. The Hall–Kier alpha value is -3.53. The van der Waals surface area contributed by atoms with Crippen molar-refractivity contribution in [2.75, 3.05) is 5.32 Å². The number of anilines is 1. The lowest BCUT2D eigenvalue weighted by Crippen LogP contribution is -2.45. The molecule has 0 aliphatic rings. The van der Waals surface area contributed by atoms with E-state index in [2.05, 4.69) is 21.2 Å². The number of nitro benzene ring substituents is 1. The summed E-state index contributed by atoms with van der Waals surface area (Å²) in [7, 11) is 0. The van der Waals surface area contributed by atoms with Crippen molar-refractivity contribution in [1.82, 2.24) is 20.4 Å². The Labute approximate surface area is 153 Å². The highest BCUT2D eigenvalue weighted by molar-refractivity contribution is 7.80. The monoisotopic (exact) mass is 370 g/mol. The zero-order valence-corrected chi connectivity index (χ0v) is 14.2. The number of hydrazine groups is 1. The van der Waals surface area contributed by atoms with Crippen molar-refractivity contribution in [3.8, 4) is 0 Å². The molecule has 0 radical (unpaired) electrons. The van der Waals surface area contributed by atoms with Gasteiger partial charge in [-0.1, -0.05) is 12.1 Å². The lowest BCUT2D eigenvalue weighted by molar-refractivity contribution is -0.384. The van der Waals surface area contributed by atoms with Gasteiger partial charge >= 0.3 is 0 Å². The van der Waals surface area contributed by atoms with E-state index in [4.69, 9.17) is 12.2 Å². The minimum atomic E-state index is -0.486. The van der Waals surface area contributed by atoms with Crippen LogP contribution in [0, 0.1) is 10.1 Å². The van der Waals surface area contributed by atoms with Gasteiger partial charge in [0.05, 0.1) is 22.3 Å².